The highest BCUT2D eigenvalue weighted by Crippen LogP contribution is 2.34. The number of benzene rings is 3. The van der Waals surface area contributed by atoms with Crippen molar-refractivity contribution < 1.29 is 26.4 Å². The Kier molecular flexibility index (Phi) is 5.84. The van der Waals surface area contributed by atoms with E-state index < -0.39 is 27.7 Å². The van der Waals surface area contributed by atoms with Gasteiger partial charge in [0.15, 0.2) is 0 Å². The first-order valence-corrected chi connectivity index (χ1v) is 10.2. The number of para-hydroxylation sites is 1. The van der Waals surface area contributed by atoms with Gasteiger partial charge < -0.3 is 5.32 Å². The van der Waals surface area contributed by atoms with Crippen molar-refractivity contribution in [3.05, 3.63) is 89.5 Å². The molecule has 1 amide bonds. The van der Waals surface area contributed by atoms with Crippen molar-refractivity contribution in [2.75, 3.05) is 10.0 Å². The minimum atomic E-state index is -4.61. The lowest BCUT2D eigenvalue weighted by Crippen LogP contribution is -2.17. The number of hydrogen-bond acceptors (Lipinski definition) is 3. The summed E-state index contributed by atoms with van der Waals surface area (Å²) >= 11 is 0. The number of rotatable bonds is 5. The van der Waals surface area contributed by atoms with E-state index in [1.54, 1.807) is 25.1 Å². The molecule has 0 aliphatic carbocycles. The molecule has 0 unspecified atom stereocenters. The number of anilines is 2. The van der Waals surface area contributed by atoms with Crippen LogP contribution in [-0.4, -0.2) is 14.3 Å². The summed E-state index contributed by atoms with van der Waals surface area (Å²) in [4.78, 5) is 12.5. The predicted octanol–water partition coefficient (Wildman–Crippen LogP) is 5.07. The lowest BCUT2D eigenvalue weighted by Gasteiger charge is -2.15. The lowest BCUT2D eigenvalue weighted by molar-refractivity contribution is -0.136. The summed E-state index contributed by atoms with van der Waals surface area (Å²) in [7, 11) is -3.82. The van der Waals surface area contributed by atoms with Gasteiger partial charge in [-0.15, -0.1) is 0 Å². The van der Waals surface area contributed by atoms with Crippen molar-refractivity contribution in [1.82, 2.24) is 0 Å². The number of hydrogen-bond donors (Lipinski definition) is 2. The van der Waals surface area contributed by atoms with Crippen LogP contribution in [0.4, 0.5) is 24.5 Å². The van der Waals surface area contributed by atoms with E-state index in [0.29, 0.717) is 5.56 Å². The molecule has 2 N–H and O–H groups in total. The second-order valence-corrected chi connectivity index (χ2v) is 8.13. The second-order valence-electron chi connectivity index (χ2n) is 6.45. The van der Waals surface area contributed by atoms with Crippen LogP contribution in [0.5, 0.6) is 0 Å². The van der Waals surface area contributed by atoms with Crippen LogP contribution in [0.3, 0.4) is 0 Å². The SMILES string of the molecule is Cc1cc(C(=O)Nc2ccccc2C(F)(F)F)ccc1NS(=O)(=O)c1ccccc1. The molecule has 0 aliphatic heterocycles. The number of carbonyl (C=O) groups is 1. The van der Waals surface area contributed by atoms with E-state index in [-0.39, 0.29) is 21.8 Å². The zero-order valence-corrected chi connectivity index (χ0v) is 16.5. The molecule has 9 heteroatoms. The molecule has 3 aromatic carbocycles. The number of amides is 1. The fourth-order valence-electron chi connectivity index (χ4n) is 2.76. The highest BCUT2D eigenvalue weighted by molar-refractivity contribution is 7.92. The van der Waals surface area contributed by atoms with Crippen molar-refractivity contribution in [2.24, 2.45) is 0 Å². The van der Waals surface area contributed by atoms with Crippen LogP contribution in [0.25, 0.3) is 0 Å². The molecule has 0 atom stereocenters. The van der Waals surface area contributed by atoms with E-state index >= 15 is 0 Å². The Morgan fingerprint density at radius 1 is 0.867 bits per heavy atom. The van der Waals surface area contributed by atoms with Gasteiger partial charge in [-0.3, -0.25) is 9.52 Å². The quantitative estimate of drug-likeness (QED) is 0.589. The molecule has 0 saturated heterocycles. The Balaban J connectivity index is 1.82. The van der Waals surface area contributed by atoms with Crippen LogP contribution in [0.1, 0.15) is 21.5 Å². The molecule has 5 nitrogen and oxygen atoms in total. The largest absolute Gasteiger partial charge is 0.418 e. The van der Waals surface area contributed by atoms with Crippen molar-refractivity contribution in [2.45, 2.75) is 18.0 Å². The standard InChI is InChI=1S/C21H17F3N2O3S/c1-14-13-15(20(27)25-19-10-6-5-9-17(19)21(22,23)24)11-12-18(14)26-30(28,29)16-7-3-2-4-8-16/h2-13,26H,1H3,(H,25,27). The molecule has 0 bridgehead atoms. The zero-order chi connectivity index (χ0) is 21.9. The fraction of sp³-hybridized carbons (Fsp3) is 0.0952. The second kappa shape index (κ2) is 8.19. The molecule has 30 heavy (non-hydrogen) atoms. The number of carbonyl (C=O) groups excluding carboxylic acids is 1. The van der Waals surface area contributed by atoms with Gasteiger partial charge in [0.25, 0.3) is 15.9 Å². The Bertz CT molecular complexity index is 1180. The summed E-state index contributed by atoms with van der Waals surface area (Å²) in [5.74, 6) is -0.743. The first kappa shape index (κ1) is 21.4. The van der Waals surface area contributed by atoms with Crippen LogP contribution in [-0.2, 0) is 16.2 Å². The lowest BCUT2D eigenvalue weighted by atomic mass is 10.1. The Morgan fingerprint density at radius 3 is 2.13 bits per heavy atom. The van der Waals surface area contributed by atoms with Crippen molar-refractivity contribution in [3.8, 4) is 0 Å². The van der Waals surface area contributed by atoms with Crippen molar-refractivity contribution >= 4 is 27.3 Å². The van der Waals surface area contributed by atoms with Gasteiger partial charge in [0.05, 0.1) is 21.8 Å². The van der Waals surface area contributed by atoms with Gasteiger partial charge in [-0.2, -0.15) is 13.2 Å². The van der Waals surface area contributed by atoms with Crippen molar-refractivity contribution in [3.63, 3.8) is 0 Å². The molecule has 0 aliphatic rings. The summed E-state index contributed by atoms with van der Waals surface area (Å²) in [5, 5.41) is 2.26. The van der Waals surface area contributed by atoms with E-state index in [4.69, 9.17) is 0 Å². The summed E-state index contributed by atoms with van der Waals surface area (Å²) in [6, 6.07) is 16.5. The summed E-state index contributed by atoms with van der Waals surface area (Å²) in [6.45, 7) is 1.59. The topological polar surface area (TPSA) is 75.3 Å². The molecule has 0 fully saturated rings. The summed E-state index contributed by atoms with van der Waals surface area (Å²) in [5.41, 5.74) is -0.534. The third kappa shape index (κ3) is 4.80. The molecular weight excluding hydrogens is 417 g/mol. The molecule has 156 valence electrons. The van der Waals surface area contributed by atoms with E-state index in [9.17, 15) is 26.4 Å². The summed E-state index contributed by atoms with van der Waals surface area (Å²) in [6.07, 6.45) is -4.61. The molecule has 0 heterocycles. The fourth-order valence-corrected chi connectivity index (χ4v) is 3.91. The van der Waals surface area contributed by atoms with Crippen molar-refractivity contribution in [1.29, 1.82) is 0 Å². The molecule has 0 aromatic heterocycles. The number of sulfonamides is 1. The summed E-state index contributed by atoms with van der Waals surface area (Å²) < 4.78 is 66.6. The zero-order valence-electron chi connectivity index (χ0n) is 15.7. The molecule has 3 aromatic rings. The molecule has 0 radical (unpaired) electrons. The van der Waals surface area contributed by atoms with Crippen LogP contribution in [0.2, 0.25) is 0 Å². The maximum Gasteiger partial charge on any atom is 0.418 e. The maximum atomic E-state index is 13.1. The average Bonchev–Trinajstić information content (AvgIpc) is 2.69. The minimum absolute atomic E-state index is 0.0787. The minimum Gasteiger partial charge on any atom is -0.321 e. The smallest absolute Gasteiger partial charge is 0.321 e. The van der Waals surface area contributed by atoms with E-state index in [0.717, 1.165) is 12.1 Å². The third-order valence-electron chi connectivity index (χ3n) is 4.27. The van der Waals surface area contributed by atoms with E-state index in [1.807, 2.05) is 0 Å². The molecular formula is C21H17F3N2O3S. The Hall–Kier alpha value is -3.33. The van der Waals surface area contributed by atoms with Gasteiger partial charge in [-0.05, 0) is 55.0 Å². The third-order valence-corrected chi connectivity index (χ3v) is 5.65. The maximum absolute atomic E-state index is 13.1. The number of halogens is 3. The van der Waals surface area contributed by atoms with Crippen LogP contribution < -0.4 is 10.0 Å². The highest BCUT2D eigenvalue weighted by atomic mass is 32.2. The van der Waals surface area contributed by atoms with E-state index in [2.05, 4.69) is 10.0 Å². The predicted molar refractivity (Wildman–Crippen MR) is 108 cm³/mol. The Labute approximate surface area is 171 Å². The van der Waals surface area contributed by atoms with Gasteiger partial charge in [0.2, 0.25) is 0 Å². The highest BCUT2D eigenvalue weighted by Gasteiger charge is 2.33. The van der Waals surface area contributed by atoms with Gasteiger partial charge in [-0.25, -0.2) is 8.42 Å². The monoisotopic (exact) mass is 434 g/mol. The average molecular weight is 434 g/mol. The number of alkyl halides is 3. The number of nitrogens with one attached hydrogen (secondary N) is 2. The van der Waals surface area contributed by atoms with Crippen LogP contribution in [0, 0.1) is 6.92 Å². The number of aryl methyl sites for hydroxylation is 1. The molecule has 0 saturated carbocycles. The van der Waals surface area contributed by atoms with Crippen LogP contribution in [0.15, 0.2) is 77.7 Å². The van der Waals surface area contributed by atoms with Crippen LogP contribution >= 0.6 is 0 Å². The normalized spacial score (nSPS) is 11.7. The van der Waals surface area contributed by atoms with Gasteiger partial charge in [-0.1, -0.05) is 30.3 Å². The molecule has 0 spiro atoms. The van der Waals surface area contributed by atoms with E-state index in [1.165, 1.54) is 42.5 Å². The molecule has 3 rings (SSSR count). The first-order valence-electron chi connectivity index (χ1n) is 8.74. The van der Waals surface area contributed by atoms with Gasteiger partial charge in [0, 0.05) is 5.56 Å². The van der Waals surface area contributed by atoms with Gasteiger partial charge >= 0.3 is 6.18 Å². The van der Waals surface area contributed by atoms with Gasteiger partial charge in [0.1, 0.15) is 0 Å². The Morgan fingerprint density at radius 2 is 1.50 bits per heavy atom. The first-order chi connectivity index (χ1) is 14.1.